The molecule has 1 aromatic carbocycles. The third kappa shape index (κ3) is 4.15. The largest absolute Gasteiger partial charge is 0.478 e. The molecular weight excluding hydrogens is 260 g/mol. The highest BCUT2D eigenvalue weighted by Crippen LogP contribution is 2.22. The first-order valence-electron chi connectivity index (χ1n) is 5.58. The molecule has 0 aliphatic carbocycles. The second kappa shape index (κ2) is 7.01. The van der Waals surface area contributed by atoms with Crippen LogP contribution in [0.15, 0.2) is 12.1 Å². The van der Waals surface area contributed by atoms with Gasteiger partial charge in [-0.25, -0.2) is 13.6 Å². The van der Waals surface area contributed by atoms with Crippen LogP contribution in [0.2, 0.25) is 0 Å². The Morgan fingerprint density at radius 3 is 2.42 bits per heavy atom. The summed E-state index contributed by atoms with van der Waals surface area (Å²) in [7, 11) is 1.42. The summed E-state index contributed by atoms with van der Waals surface area (Å²) in [6.07, 6.45) is 0.243. The number of methoxy groups -OCH3 is 1. The summed E-state index contributed by atoms with van der Waals surface area (Å²) in [4.78, 5) is 10.6. The van der Waals surface area contributed by atoms with Crippen LogP contribution in [0.5, 0.6) is 0 Å². The van der Waals surface area contributed by atoms with Gasteiger partial charge in [0, 0.05) is 13.7 Å². The third-order valence-corrected chi connectivity index (χ3v) is 2.48. The lowest BCUT2D eigenvalue weighted by Gasteiger charge is -2.19. The first-order chi connectivity index (χ1) is 8.99. The smallest absolute Gasteiger partial charge is 0.335 e. The Labute approximate surface area is 108 Å². The van der Waals surface area contributed by atoms with E-state index in [4.69, 9.17) is 14.9 Å². The van der Waals surface area contributed by atoms with E-state index >= 15 is 0 Å². The first kappa shape index (κ1) is 15.3. The van der Waals surface area contributed by atoms with E-state index in [2.05, 4.69) is 5.32 Å². The lowest BCUT2D eigenvalue weighted by molar-refractivity contribution is 0.0696. The molecule has 0 aliphatic rings. The maximum absolute atomic E-state index is 13.6. The summed E-state index contributed by atoms with van der Waals surface area (Å²) in [5.74, 6) is -3.42. The van der Waals surface area contributed by atoms with Gasteiger partial charge in [-0.15, -0.1) is 0 Å². The highest BCUT2D eigenvalue weighted by atomic mass is 19.1. The van der Waals surface area contributed by atoms with Crippen LogP contribution in [-0.2, 0) is 4.74 Å². The molecule has 0 spiro atoms. The zero-order valence-electron chi connectivity index (χ0n) is 10.3. The van der Waals surface area contributed by atoms with Gasteiger partial charge in [0.05, 0.1) is 18.2 Å². The lowest BCUT2D eigenvalue weighted by Crippen LogP contribution is -2.27. The number of rotatable bonds is 7. The zero-order chi connectivity index (χ0) is 14.4. The van der Waals surface area contributed by atoms with Gasteiger partial charge in [0.25, 0.3) is 0 Å². The van der Waals surface area contributed by atoms with E-state index in [-0.39, 0.29) is 19.6 Å². The number of anilines is 1. The van der Waals surface area contributed by atoms with Crippen LogP contribution in [0.1, 0.15) is 16.8 Å². The van der Waals surface area contributed by atoms with Crippen LogP contribution >= 0.6 is 0 Å². The third-order valence-electron chi connectivity index (χ3n) is 2.48. The molecule has 0 saturated heterocycles. The maximum Gasteiger partial charge on any atom is 0.335 e. The molecule has 0 bridgehead atoms. The predicted molar refractivity (Wildman–Crippen MR) is 64.3 cm³/mol. The molecule has 19 heavy (non-hydrogen) atoms. The summed E-state index contributed by atoms with van der Waals surface area (Å²) >= 11 is 0. The van der Waals surface area contributed by atoms with Crippen molar-refractivity contribution in [2.45, 2.75) is 12.5 Å². The van der Waals surface area contributed by atoms with Gasteiger partial charge in [-0.2, -0.15) is 0 Å². The number of aliphatic hydroxyl groups is 1. The van der Waals surface area contributed by atoms with Gasteiger partial charge < -0.3 is 20.3 Å². The minimum atomic E-state index is -1.41. The normalized spacial score (nSPS) is 12.2. The molecule has 106 valence electrons. The number of carbonyl (C=O) groups is 1. The van der Waals surface area contributed by atoms with E-state index < -0.39 is 34.9 Å². The molecular formula is C12H15F2NO4. The van der Waals surface area contributed by atoms with Crippen molar-refractivity contribution in [3.05, 3.63) is 29.3 Å². The van der Waals surface area contributed by atoms with Gasteiger partial charge in [-0.05, 0) is 18.6 Å². The van der Waals surface area contributed by atoms with E-state index in [1.54, 1.807) is 0 Å². The van der Waals surface area contributed by atoms with Crippen LogP contribution < -0.4 is 5.32 Å². The summed E-state index contributed by atoms with van der Waals surface area (Å²) in [5, 5.41) is 20.1. The second-order valence-corrected chi connectivity index (χ2v) is 3.93. The fourth-order valence-corrected chi connectivity index (χ4v) is 1.59. The minimum Gasteiger partial charge on any atom is -0.478 e. The highest BCUT2D eigenvalue weighted by Gasteiger charge is 2.17. The van der Waals surface area contributed by atoms with Crippen LogP contribution in [0.3, 0.4) is 0 Å². The monoisotopic (exact) mass is 275 g/mol. The van der Waals surface area contributed by atoms with Crippen molar-refractivity contribution < 1.29 is 28.5 Å². The van der Waals surface area contributed by atoms with E-state index in [0.717, 1.165) is 12.1 Å². The van der Waals surface area contributed by atoms with E-state index in [1.807, 2.05) is 0 Å². The molecule has 1 atom stereocenters. The molecule has 3 N–H and O–H groups in total. The minimum absolute atomic E-state index is 0.153. The van der Waals surface area contributed by atoms with Crippen molar-refractivity contribution in [2.75, 3.05) is 25.6 Å². The maximum atomic E-state index is 13.6. The number of aliphatic hydroxyl groups excluding tert-OH is 1. The number of ether oxygens (including phenoxy) is 1. The number of benzene rings is 1. The highest BCUT2D eigenvalue weighted by molar-refractivity contribution is 5.88. The molecule has 1 aromatic rings. The Morgan fingerprint density at radius 2 is 2.00 bits per heavy atom. The number of carboxylic acids is 1. The number of hydrogen-bond donors (Lipinski definition) is 3. The van der Waals surface area contributed by atoms with Crippen molar-refractivity contribution in [3.8, 4) is 0 Å². The van der Waals surface area contributed by atoms with Crippen molar-refractivity contribution in [2.24, 2.45) is 0 Å². The molecule has 0 saturated carbocycles. The van der Waals surface area contributed by atoms with Gasteiger partial charge in [0.2, 0.25) is 0 Å². The topological polar surface area (TPSA) is 78.8 Å². The number of hydrogen-bond acceptors (Lipinski definition) is 4. The molecule has 1 rings (SSSR count). The van der Waals surface area contributed by atoms with Gasteiger partial charge in [0.1, 0.15) is 17.3 Å². The molecule has 0 radical (unpaired) electrons. The van der Waals surface area contributed by atoms with Crippen LogP contribution in [0, 0.1) is 11.6 Å². The Kier molecular flexibility index (Phi) is 5.65. The van der Waals surface area contributed by atoms with E-state index in [1.165, 1.54) is 7.11 Å². The molecule has 1 unspecified atom stereocenters. The molecule has 0 aromatic heterocycles. The molecule has 5 nitrogen and oxygen atoms in total. The van der Waals surface area contributed by atoms with Gasteiger partial charge in [-0.3, -0.25) is 0 Å². The average molecular weight is 275 g/mol. The number of nitrogens with one attached hydrogen (secondary N) is 1. The molecule has 0 amide bonds. The predicted octanol–water partition coefficient (Wildman–Crippen LogP) is 1.47. The summed E-state index contributed by atoms with van der Waals surface area (Å²) in [6, 6.07) is 0.988. The first-order valence-corrected chi connectivity index (χ1v) is 5.58. The van der Waals surface area contributed by atoms with Crippen LogP contribution in [0.25, 0.3) is 0 Å². The van der Waals surface area contributed by atoms with Crippen molar-refractivity contribution >= 4 is 11.7 Å². The molecule has 0 aliphatic heterocycles. The Hall–Kier alpha value is -1.73. The molecule has 7 heteroatoms. The van der Waals surface area contributed by atoms with Gasteiger partial charge >= 0.3 is 5.97 Å². The van der Waals surface area contributed by atoms with E-state index in [0.29, 0.717) is 0 Å². The van der Waals surface area contributed by atoms with Gasteiger partial charge in [-0.1, -0.05) is 0 Å². The fraction of sp³-hybridized carbons (Fsp3) is 0.417. The quantitative estimate of drug-likeness (QED) is 0.702. The molecule has 0 fully saturated rings. The Balaban J connectivity index is 2.96. The summed E-state index contributed by atoms with van der Waals surface area (Å²) in [5.41, 5.74) is -0.897. The number of halogens is 2. The van der Waals surface area contributed by atoms with Crippen LogP contribution in [0.4, 0.5) is 14.5 Å². The second-order valence-electron chi connectivity index (χ2n) is 3.93. The standard InChI is InChI=1S/C12H15F2NO4/c1-19-6-8(2-3-16)15-11-9(13)4-7(12(17)18)5-10(11)14/h4-5,8,15-16H,2-3,6H2,1H3,(H,17,18). The zero-order valence-corrected chi connectivity index (χ0v) is 10.3. The lowest BCUT2D eigenvalue weighted by atomic mass is 10.1. The number of aromatic carboxylic acids is 1. The van der Waals surface area contributed by atoms with Gasteiger partial charge in [0.15, 0.2) is 0 Å². The SMILES string of the molecule is COCC(CCO)Nc1c(F)cc(C(=O)O)cc1F. The van der Waals surface area contributed by atoms with Crippen molar-refractivity contribution in [1.29, 1.82) is 0 Å². The summed E-state index contributed by atoms with van der Waals surface area (Å²) in [6.45, 7) is -0.0163. The van der Waals surface area contributed by atoms with E-state index in [9.17, 15) is 13.6 Å². The van der Waals surface area contributed by atoms with Crippen LogP contribution in [-0.4, -0.2) is 42.5 Å². The fourth-order valence-electron chi connectivity index (χ4n) is 1.59. The van der Waals surface area contributed by atoms with Crippen molar-refractivity contribution in [3.63, 3.8) is 0 Å². The number of carboxylic acid groups (broad SMARTS) is 1. The van der Waals surface area contributed by atoms with Crippen molar-refractivity contribution in [1.82, 2.24) is 0 Å². The average Bonchev–Trinajstić information content (AvgIpc) is 2.33. The molecule has 0 heterocycles. The summed E-state index contributed by atoms with van der Waals surface area (Å²) < 4.78 is 32.1. The Morgan fingerprint density at radius 1 is 1.42 bits per heavy atom. The Bertz CT molecular complexity index is 424.